The van der Waals surface area contributed by atoms with E-state index in [0.29, 0.717) is 11.3 Å². The Morgan fingerprint density at radius 2 is 1.95 bits per heavy atom. The van der Waals surface area contributed by atoms with Crippen molar-refractivity contribution in [2.75, 3.05) is 5.73 Å². The van der Waals surface area contributed by atoms with Crippen molar-refractivity contribution in [3.63, 3.8) is 0 Å². The number of nitrogen functional groups attached to an aromatic ring is 1. The van der Waals surface area contributed by atoms with Gasteiger partial charge in [0.25, 0.3) is 0 Å². The highest BCUT2D eigenvalue weighted by atomic mass is 35.5. The van der Waals surface area contributed by atoms with Crippen molar-refractivity contribution in [3.8, 4) is 0 Å². The molecule has 0 radical (unpaired) electrons. The molecule has 0 aliphatic carbocycles. The van der Waals surface area contributed by atoms with Gasteiger partial charge in [-0.15, -0.1) is 0 Å². The molecule has 0 bridgehead atoms. The van der Waals surface area contributed by atoms with Crippen LogP contribution in [0.25, 0.3) is 0 Å². The van der Waals surface area contributed by atoms with Gasteiger partial charge in [-0.2, -0.15) is 0 Å². The standard InChI is InChI=1S/C13H12ClFN2O2S/c14-12-7-11(4-5-13(12)16)20(18,19)17-8-9-2-1-3-10(15)6-9/h1-7,17H,8,16H2. The van der Waals surface area contributed by atoms with Crippen LogP contribution in [-0.4, -0.2) is 8.42 Å². The van der Waals surface area contributed by atoms with Crippen molar-refractivity contribution in [1.29, 1.82) is 0 Å². The minimum absolute atomic E-state index is 0.00750. The van der Waals surface area contributed by atoms with Gasteiger partial charge in [-0.3, -0.25) is 0 Å². The lowest BCUT2D eigenvalue weighted by Gasteiger charge is -2.08. The van der Waals surface area contributed by atoms with Gasteiger partial charge in [0.2, 0.25) is 10.0 Å². The van der Waals surface area contributed by atoms with E-state index in [9.17, 15) is 12.8 Å². The van der Waals surface area contributed by atoms with Crippen molar-refractivity contribution in [2.24, 2.45) is 0 Å². The zero-order chi connectivity index (χ0) is 14.8. The molecule has 2 aromatic carbocycles. The molecule has 0 amide bonds. The van der Waals surface area contributed by atoms with Crippen LogP contribution in [0.2, 0.25) is 5.02 Å². The number of sulfonamides is 1. The third-order valence-corrected chi connectivity index (χ3v) is 4.36. The highest BCUT2D eigenvalue weighted by Crippen LogP contribution is 2.22. The van der Waals surface area contributed by atoms with Gasteiger partial charge in [-0.25, -0.2) is 17.5 Å². The van der Waals surface area contributed by atoms with Crippen LogP contribution in [0, 0.1) is 5.82 Å². The Bertz CT molecular complexity index is 735. The van der Waals surface area contributed by atoms with Gasteiger partial charge in [0.15, 0.2) is 0 Å². The molecule has 0 saturated heterocycles. The molecule has 0 heterocycles. The first-order chi connectivity index (χ1) is 9.38. The predicted octanol–water partition coefficient (Wildman–Crippen LogP) is 2.54. The summed E-state index contributed by atoms with van der Waals surface area (Å²) in [7, 11) is -3.72. The molecule has 20 heavy (non-hydrogen) atoms. The van der Waals surface area contributed by atoms with E-state index in [1.165, 1.54) is 36.4 Å². The number of halogens is 2. The normalized spacial score (nSPS) is 11.5. The van der Waals surface area contributed by atoms with E-state index < -0.39 is 15.8 Å². The lowest BCUT2D eigenvalue weighted by atomic mass is 10.2. The fourth-order valence-electron chi connectivity index (χ4n) is 1.58. The Balaban J connectivity index is 2.17. The second-order valence-electron chi connectivity index (χ2n) is 4.14. The molecular formula is C13H12ClFN2O2S. The number of benzene rings is 2. The second kappa shape index (κ2) is 5.78. The van der Waals surface area contributed by atoms with E-state index in [1.807, 2.05) is 0 Å². The Morgan fingerprint density at radius 1 is 1.20 bits per heavy atom. The lowest BCUT2D eigenvalue weighted by Crippen LogP contribution is -2.23. The van der Waals surface area contributed by atoms with Crippen LogP contribution in [0.5, 0.6) is 0 Å². The molecule has 0 unspecified atom stereocenters. The topological polar surface area (TPSA) is 72.2 Å². The summed E-state index contributed by atoms with van der Waals surface area (Å²) in [5.74, 6) is -0.419. The summed E-state index contributed by atoms with van der Waals surface area (Å²) in [5.41, 5.74) is 6.35. The minimum atomic E-state index is -3.72. The van der Waals surface area contributed by atoms with Crippen LogP contribution in [-0.2, 0) is 16.6 Å². The smallest absolute Gasteiger partial charge is 0.240 e. The molecule has 0 atom stereocenters. The summed E-state index contributed by atoms with van der Waals surface area (Å²) in [4.78, 5) is 0.00750. The summed E-state index contributed by atoms with van der Waals surface area (Å²) in [5, 5.41) is 0.165. The molecule has 0 saturated carbocycles. The van der Waals surface area contributed by atoms with Crippen LogP contribution < -0.4 is 10.5 Å². The Hall–Kier alpha value is -1.63. The molecule has 106 valence electrons. The average molecular weight is 315 g/mol. The molecular weight excluding hydrogens is 303 g/mol. The van der Waals surface area contributed by atoms with E-state index in [1.54, 1.807) is 6.07 Å². The highest BCUT2D eigenvalue weighted by Gasteiger charge is 2.15. The molecule has 3 N–H and O–H groups in total. The molecule has 0 aliphatic heterocycles. The summed E-state index contributed by atoms with van der Waals surface area (Å²) in [6.07, 6.45) is 0. The van der Waals surface area contributed by atoms with Crippen molar-refractivity contribution >= 4 is 27.3 Å². The number of anilines is 1. The zero-order valence-corrected chi connectivity index (χ0v) is 11.9. The SMILES string of the molecule is Nc1ccc(S(=O)(=O)NCc2cccc(F)c2)cc1Cl. The molecule has 2 rings (SSSR count). The molecule has 0 fully saturated rings. The lowest BCUT2D eigenvalue weighted by molar-refractivity contribution is 0.580. The molecule has 0 spiro atoms. The third-order valence-electron chi connectivity index (χ3n) is 2.64. The van der Waals surface area contributed by atoms with Gasteiger partial charge in [0.1, 0.15) is 5.82 Å². The average Bonchev–Trinajstić information content (AvgIpc) is 2.40. The molecule has 0 aromatic heterocycles. The van der Waals surface area contributed by atoms with Crippen molar-refractivity contribution in [3.05, 3.63) is 58.9 Å². The van der Waals surface area contributed by atoms with Crippen LogP contribution in [0.1, 0.15) is 5.56 Å². The first-order valence-corrected chi connectivity index (χ1v) is 7.54. The highest BCUT2D eigenvalue weighted by molar-refractivity contribution is 7.89. The summed E-state index contributed by atoms with van der Waals surface area (Å²) >= 11 is 5.79. The van der Waals surface area contributed by atoms with Crippen molar-refractivity contribution in [2.45, 2.75) is 11.4 Å². The first kappa shape index (κ1) is 14.8. The van der Waals surface area contributed by atoms with Gasteiger partial charge in [0, 0.05) is 6.54 Å². The maximum Gasteiger partial charge on any atom is 0.240 e. The third kappa shape index (κ3) is 3.47. The Labute approximate surface area is 121 Å². The Morgan fingerprint density at radius 3 is 2.60 bits per heavy atom. The largest absolute Gasteiger partial charge is 0.398 e. The van der Waals surface area contributed by atoms with E-state index in [2.05, 4.69) is 4.72 Å². The molecule has 7 heteroatoms. The quantitative estimate of drug-likeness (QED) is 0.852. The van der Waals surface area contributed by atoms with Crippen molar-refractivity contribution in [1.82, 2.24) is 4.72 Å². The van der Waals surface area contributed by atoms with Crippen LogP contribution in [0.4, 0.5) is 10.1 Å². The van der Waals surface area contributed by atoms with Gasteiger partial charge >= 0.3 is 0 Å². The summed E-state index contributed by atoms with van der Waals surface area (Å²) in [6.45, 7) is -0.0118. The molecule has 0 aliphatic rings. The monoisotopic (exact) mass is 314 g/mol. The van der Waals surface area contributed by atoms with Crippen LogP contribution in [0.15, 0.2) is 47.4 Å². The fourth-order valence-corrected chi connectivity index (χ4v) is 2.87. The number of nitrogens with two attached hydrogens (primary N) is 1. The fraction of sp³-hybridized carbons (Fsp3) is 0.0769. The van der Waals surface area contributed by atoms with Crippen LogP contribution >= 0.6 is 11.6 Å². The van der Waals surface area contributed by atoms with Gasteiger partial charge < -0.3 is 5.73 Å². The number of rotatable bonds is 4. The number of hydrogen-bond acceptors (Lipinski definition) is 3. The zero-order valence-electron chi connectivity index (χ0n) is 10.3. The minimum Gasteiger partial charge on any atom is -0.398 e. The first-order valence-electron chi connectivity index (χ1n) is 5.67. The van der Waals surface area contributed by atoms with Gasteiger partial charge in [-0.1, -0.05) is 23.7 Å². The van der Waals surface area contributed by atoms with E-state index in [4.69, 9.17) is 17.3 Å². The van der Waals surface area contributed by atoms with Crippen molar-refractivity contribution < 1.29 is 12.8 Å². The number of hydrogen-bond donors (Lipinski definition) is 2. The van der Waals surface area contributed by atoms with E-state index >= 15 is 0 Å². The summed E-state index contributed by atoms with van der Waals surface area (Å²) in [6, 6.07) is 9.73. The van der Waals surface area contributed by atoms with Crippen LogP contribution in [0.3, 0.4) is 0 Å². The summed E-state index contributed by atoms with van der Waals surface area (Å²) < 4.78 is 39.5. The van der Waals surface area contributed by atoms with Gasteiger partial charge in [0.05, 0.1) is 15.6 Å². The van der Waals surface area contributed by atoms with Gasteiger partial charge in [-0.05, 0) is 35.9 Å². The predicted molar refractivity (Wildman–Crippen MR) is 76.3 cm³/mol. The Kier molecular flexibility index (Phi) is 4.27. The number of nitrogens with one attached hydrogen (secondary N) is 1. The second-order valence-corrected chi connectivity index (χ2v) is 6.31. The maximum absolute atomic E-state index is 13.0. The molecule has 2 aromatic rings. The maximum atomic E-state index is 13.0. The van der Waals surface area contributed by atoms with E-state index in [-0.39, 0.29) is 16.5 Å². The van der Waals surface area contributed by atoms with E-state index in [0.717, 1.165) is 0 Å². The molecule has 4 nitrogen and oxygen atoms in total.